The van der Waals surface area contributed by atoms with E-state index in [0.29, 0.717) is 5.88 Å². The van der Waals surface area contributed by atoms with Crippen molar-refractivity contribution in [3.05, 3.63) is 11.5 Å². The van der Waals surface area contributed by atoms with Gasteiger partial charge in [-0.15, -0.1) is 11.6 Å². The smallest absolute Gasteiger partial charge is 0.158 e. The monoisotopic (exact) mass is 268 g/mol. The molecule has 2 aromatic heterocycles. The summed E-state index contributed by atoms with van der Waals surface area (Å²) in [4.78, 5) is 4.70. The molecular formula is C13H21ClN4. The van der Waals surface area contributed by atoms with Crippen molar-refractivity contribution in [1.82, 2.24) is 19.3 Å². The molecule has 0 N–H and O–H groups in total. The third-order valence-electron chi connectivity index (χ3n) is 2.92. The van der Waals surface area contributed by atoms with E-state index in [-0.39, 0.29) is 5.41 Å². The number of hydrogen-bond donors (Lipinski definition) is 0. The summed E-state index contributed by atoms with van der Waals surface area (Å²) < 4.78 is 4.18. The van der Waals surface area contributed by atoms with Crippen LogP contribution in [0.15, 0.2) is 0 Å². The normalized spacial score (nSPS) is 12.6. The highest BCUT2D eigenvalue weighted by Gasteiger charge is 2.21. The van der Waals surface area contributed by atoms with Crippen LogP contribution in [0.1, 0.15) is 32.3 Å². The fourth-order valence-electron chi connectivity index (χ4n) is 2.30. The van der Waals surface area contributed by atoms with Crippen LogP contribution in [-0.2, 0) is 20.0 Å². The molecule has 0 aliphatic heterocycles. The van der Waals surface area contributed by atoms with Crippen LogP contribution >= 0.6 is 11.6 Å². The summed E-state index contributed by atoms with van der Waals surface area (Å²) in [6.07, 6.45) is 0.797. The standard InChI is InChI=1S/C13H21ClN4/c1-9-11-12(17(5)16-9)18(8-13(2,3)4)10(15-11)6-7-14/h6-8H2,1-5H3. The van der Waals surface area contributed by atoms with Gasteiger partial charge in [-0.25, -0.2) is 4.98 Å². The summed E-state index contributed by atoms with van der Waals surface area (Å²) >= 11 is 5.88. The average molecular weight is 269 g/mol. The average Bonchev–Trinajstić information content (AvgIpc) is 2.68. The maximum atomic E-state index is 5.88. The minimum Gasteiger partial charge on any atom is -0.312 e. The Balaban J connectivity index is 2.61. The maximum Gasteiger partial charge on any atom is 0.158 e. The molecule has 0 saturated heterocycles. The van der Waals surface area contributed by atoms with Crippen LogP contribution in [-0.4, -0.2) is 25.2 Å². The molecule has 0 saturated carbocycles. The second kappa shape index (κ2) is 4.57. The summed E-state index contributed by atoms with van der Waals surface area (Å²) in [7, 11) is 1.97. The van der Waals surface area contributed by atoms with E-state index in [1.165, 1.54) is 0 Å². The molecule has 0 spiro atoms. The third-order valence-corrected chi connectivity index (χ3v) is 3.11. The number of halogens is 1. The van der Waals surface area contributed by atoms with Gasteiger partial charge in [-0.3, -0.25) is 4.68 Å². The minimum atomic E-state index is 0.201. The van der Waals surface area contributed by atoms with E-state index in [4.69, 9.17) is 16.6 Å². The van der Waals surface area contributed by atoms with Gasteiger partial charge in [0.05, 0.1) is 5.69 Å². The van der Waals surface area contributed by atoms with Gasteiger partial charge >= 0.3 is 0 Å². The zero-order valence-corrected chi connectivity index (χ0v) is 12.5. The van der Waals surface area contributed by atoms with Gasteiger partial charge in [0.1, 0.15) is 11.3 Å². The van der Waals surface area contributed by atoms with Crippen LogP contribution in [0.25, 0.3) is 11.2 Å². The Morgan fingerprint density at radius 1 is 1.28 bits per heavy atom. The number of hydrogen-bond acceptors (Lipinski definition) is 2. The molecule has 0 aromatic carbocycles. The van der Waals surface area contributed by atoms with E-state index in [0.717, 1.165) is 35.6 Å². The van der Waals surface area contributed by atoms with E-state index in [1.807, 2.05) is 18.7 Å². The van der Waals surface area contributed by atoms with E-state index < -0.39 is 0 Å². The third kappa shape index (κ3) is 2.39. The lowest BCUT2D eigenvalue weighted by Crippen LogP contribution is -2.19. The van der Waals surface area contributed by atoms with Crippen molar-refractivity contribution in [2.45, 2.75) is 40.7 Å². The number of alkyl halides is 1. The highest BCUT2D eigenvalue weighted by atomic mass is 35.5. The summed E-state index contributed by atoms with van der Waals surface area (Å²) in [5, 5.41) is 4.44. The lowest BCUT2D eigenvalue weighted by Gasteiger charge is -2.21. The predicted molar refractivity (Wildman–Crippen MR) is 75.1 cm³/mol. The lowest BCUT2D eigenvalue weighted by molar-refractivity contribution is 0.341. The molecular weight excluding hydrogens is 248 g/mol. The van der Waals surface area contributed by atoms with Gasteiger partial charge in [0.15, 0.2) is 5.65 Å². The molecule has 2 aromatic rings. The number of fused-ring (bicyclic) bond motifs is 1. The molecule has 0 unspecified atom stereocenters. The van der Waals surface area contributed by atoms with Gasteiger partial charge in [0.2, 0.25) is 0 Å². The van der Waals surface area contributed by atoms with Gasteiger partial charge in [0.25, 0.3) is 0 Å². The van der Waals surface area contributed by atoms with Crippen molar-refractivity contribution in [3.8, 4) is 0 Å². The molecule has 5 heteroatoms. The first kappa shape index (κ1) is 13.4. The Hall–Kier alpha value is -1.03. The first-order valence-corrected chi connectivity index (χ1v) is 6.81. The minimum absolute atomic E-state index is 0.201. The number of rotatable bonds is 3. The van der Waals surface area contributed by atoms with Gasteiger partial charge in [-0.2, -0.15) is 5.10 Å². The van der Waals surface area contributed by atoms with Crippen molar-refractivity contribution in [1.29, 1.82) is 0 Å². The van der Waals surface area contributed by atoms with Crippen LogP contribution in [0.4, 0.5) is 0 Å². The Bertz CT molecular complexity index is 560. The zero-order valence-electron chi connectivity index (χ0n) is 11.8. The Labute approximate surface area is 113 Å². The Morgan fingerprint density at radius 3 is 2.50 bits per heavy atom. The first-order chi connectivity index (χ1) is 8.33. The number of aromatic nitrogens is 4. The van der Waals surface area contributed by atoms with E-state index in [2.05, 4.69) is 30.4 Å². The molecule has 2 rings (SSSR count). The molecule has 0 aliphatic carbocycles. The molecule has 0 aliphatic rings. The molecule has 0 radical (unpaired) electrons. The molecule has 0 amide bonds. The van der Waals surface area contributed by atoms with Gasteiger partial charge in [-0.1, -0.05) is 20.8 Å². The molecule has 18 heavy (non-hydrogen) atoms. The molecule has 0 bridgehead atoms. The maximum absolute atomic E-state index is 5.88. The fraction of sp³-hybridized carbons (Fsp3) is 0.692. The fourth-order valence-corrected chi connectivity index (χ4v) is 2.46. The van der Waals surface area contributed by atoms with E-state index in [1.54, 1.807) is 0 Å². The Kier molecular flexibility index (Phi) is 3.41. The van der Waals surface area contributed by atoms with Crippen molar-refractivity contribution in [2.24, 2.45) is 12.5 Å². The quantitative estimate of drug-likeness (QED) is 0.803. The summed E-state index contributed by atoms with van der Waals surface area (Å²) in [6, 6.07) is 0. The topological polar surface area (TPSA) is 35.6 Å². The lowest BCUT2D eigenvalue weighted by atomic mass is 9.97. The Morgan fingerprint density at radius 2 is 1.94 bits per heavy atom. The van der Waals surface area contributed by atoms with Gasteiger partial charge in [-0.05, 0) is 12.3 Å². The van der Waals surface area contributed by atoms with Crippen LogP contribution in [0.2, 0.25) is 0 Å². The van der Waals surface area contributed by atoms with Gasteiger partial charge < -0.3 is 4.57 Å². The van der Waals surface area contributed by atoms with E-state index in [9.17, 15) is 0 Å². The van der Waals surface area contributed by atoms with E-state index >= 15 is 0 Å². The largest absolute Gasteiger partial charge is 0.312 e. The molecule has 0 fully saturated rings. The second-order valence-electron chi connectivity index (χ2n) is 6.00. The van der Waals surface area contributed by atoms with Crippen LogP contribution < -0.4 is 0 Å². The van der Waals surface area contributed by atoms with Gasteiger partial charge in [0, 0.05) is 25.9 Å². The second-order valence-corrected chi connectivity index (χ2v) is 6.37. The van der Waals surface area contributed by atoms with Crippen LogP contribution in [0.3, 0.4) is 0 Å². The summed E-state index contributed by atoms with van der Waals surface area (Å²) in [5.41, 5.74) is 3.28. The summed E-state index contributed by atoms with van der Waals surface area (Å²) in [5.74, 6) is 1.66. The zero-order chi connectivity index (χ0) is 13.5. The van der Waals surface area contributed by atoms with Crippen LogP contribution in [0.5, 0.6) is 0 Å². The molecule has 0 atom stereocenters. The van der Waals surface area contributed by atoms with Crippen molar-refractivity contribution >= 4 is 22.8 Å². The number of nitrogens with zero attached hydrogens (tertiary/aromatic N) is 4. The predicted octanol–water partition coefficient (Wildman–Crippen LogP) is 2.91. The number of aryl methyl sites for hydroxylation is 3. The van der Waals surface area contributed by atoms with Crippen molar-refractivity contribution < 1.29 is 0 Å². The molecule has 100 valence electrons. The van der Waals surface area contributed by atoms with Crippen molar-refractivity contribution in [2.75, 3.05) is 5.88 Å². The molecule has 2 heterocycles. The highest BCUT2D eigenvalue weighted by Crippen LogP contribution is 2.24. The van der Waals surface area contributed by atoms with Crippen molar-refractivity contribution in [3.63, 3.8) is 0 Å². The number of imidazole rings is 1. The highest BCUT2D eigenvalue weighted by molar-refractivity contribution is 6.17. The van der Waals surface area contributed by atoms with Crippen LogP contribution in [0, 0.1) is 12.3 Å². The SMILES string of the molecule is Cc1nn(C)c2c1nc(CCCl)n2CC(C)(C)C. The first-order valence-electron chi connectivity index (χ1n) is 6.28. The summed E-state index contributed by atoms with van der Waals surface area (Å²) in [6.45, 7) is 9.61. The molecule has 4 nitrogen and oxygen atoms in total.